The Labute approximate surface area is 92.0 Å². The highest BCUT2D eigenvalue weighted by molar-refractivity contribution is 7.84. The van der Waals surface area contributed by atoms with E-state index in [1.807, 2.05) is 6.07 Å². The van der Waals surface area contributed by atoms with Crippen molar-refractivity contribution in [1.29, 1.82) is 5.26 Å². The van der Waals surface area contributed by atoms with Crippen molar-refractivity contribution in [3.63, 3.8) is 0 Å². The van der Waals surface area contributed by atoms with Gasteiger partial charge in [0.1, 0.15) is 5.76 Å². The number of carbonyl (C=O) groups is 1. The van der Waals surface area contributed by atoms with E-state index in [-0.39, 0.29) is 18.2 Å². The van der Waals surface area contributed by atoms with Gasteiger partial charge in [0.15, 0.2) is 0 Å². The van der Waals surface area contributed by atoms with Gasteiger partial charge in [-0.3, -0.25) is 4.79 Å². The Morgan fingerprint density at radius 1 is 1.67 bits per heavy atom. The van der Waals surface area contributed by atoms with E-state index in [0.717, 1.165) is 0 Å². The first-order valence-corrected chi connectivity index (χ1v) is 4.83. The van der Waals surface area contributed by atoms with Crippen LogP contribution in [0.3, 0.4) is 0 Å². The molecule has 5 heteroatoms. The molecule has 1 amide bonds. The average molecular weight is 220 g/mol. The smallest absolute Gasteiger partial charge is 0.225 e. The maximum absolute atomic E-state index is 11.3. The van der Waals surface area contributed by atoms with Crippen molar-refractivity contribution in [1.82, 2.24) is 5.32 Å². The number of furan rings is 1. The van der Waals surface area contributed by atoms with Crippen molar-refractivity contribution in [3.8, 4) is 6.07 Å². The lowest BCUT2D eigenvalue weighted by molar-refractivity contribution is -0.120. The summed E-state index contributed by atoms with van der Waals surface area (Å²) in [6.07, 6.45) is 1.75. The van der Waals surface area contributed by atoms with E-state index < -0.39 is 0 Å². The number of carbonyl (C=O) groups excluding carboxylic acids is 1. The molecule has 2 heterocycles. The maximum Gasteiger partial charge on any atom is 0.225 e. The molecule has 0 spiro atoms. The molecule has 1 aromatic heterocycles. The minimum absolute atomic E-state index is 0.152. The van der Waals surface area contributed by atoms with Crippen LogP contribution in [-0.4, -0.2) is 5.91 Å². The number of thiol groups is 1. The third kappa shape index (κ3) is 1.76. The number of amides is 1. The van der Waals surface area contributed by atoms with Gasteiger partial charge in [-0.25, -0.2) is 0 Å². The quantitative estimate of drug-likeness (QED) is 0.706. The Bertz CT molecular complexity index is 456. The fourth-order valence-corrected chi connectivity index (χ4v) is 1.90. The molecule has 1 aliphatic rings. The summed E-state index contributed by atoms with van der Waals surface area (Å²) in [6, 6.07) is 5.52. The number of rotatable bonds is 1. The molecule has 0 aromatic carbocycles. The summed E-state index contributed by atoms with van der Waals surface area (Å²) in [5.74, 6) is 0.152. The Hall–Kier alpha value is -1.67. The van der Waals surface area contributed by atoms with Crippen molar-refractivity contribution in [2.24, 2.45) is 0 Å². The first kappa shape index (κ1) is 9.87. The fourth-order valence-electron chi connectivity index (χ4n) is 1.57. The Kier molecular flexibility index (Phi) is 2.52. The van der Waals surface area contributed by atoms with Gasteiger partial charge in [0.2, 0.25) is 5.91 Å². The first-order valence-electron chi connectivity index (χ1n) is 4.39. The highest BCUT2D eigenvalue weighted by Crippen LogP contribution is 2.33. The summed E-state index contributed by atoms with van der Waals surface area (Å²) >= 11 is 4.07. The van der Waals surface area contributed by atoms with E-state index in [4.69, 9.17) is 9.68 Å². The molecule has 2 rings (SSSR count). The molecular formula is C10H8N2O2S. The predicted octanol–water partition coefficient (Wildman–Crippen LogP) is 1.55. The standard InChI is InChI=1S/C10H8N2O2S/c11-5-7-6(8-2-1-3-14-8)4-9(13)12-10(7)15/h1-3,6,15H,4H2,(H,12,13)/t6-/m1/s1. The van der Waals surface area contributed by atoms with E-state index >= 15 is 0 Å². The van der Waals surface area contributed by atoms with Crippen LogP contribution in [0, 0.1) is 11.3 Å². The SMILES string of the molecule is N#CC1=C(S)NC(=O)C[C@H]1c1ccco1. The van der Waals surface area contributed by atoms with Crippen molar-refractivity contribution in [2.45, 2.75) is 12.3 Å². The Morgan fingerprint density at radius 2 is 2.47 bits per heavy atom. The average Bonchev–Trinajstić information content (AvgIpc) is 2.69. The second kappa shape index (κ2) is 3.83. The van der Waals surface area contributed by atoms with E-state index in [0.29, 0.717) is 16.4 Å². The van der Waals surface area contributed by atoms with Crippen molar-refractivity contribution >= 4 is 18.5 Å². The summed E-state index contributed by atoms with van der Waals surface area (Å²) < 4.78 is 5.20. The number of hydrogen-bond acceptors (Lipinski definition) is 4. The molecule has 0 aliphatic carbocycles. The molecular weight excluding hydrogens is 212 g/mol. The number of nitriles is 1. The molecule has 15 heavy (non-hydrogen) atoms. The van der Waals surface area contributed by atoms with Gasteiger partial charge in [-0.15, -0.1) is 12.6 Å². The third-order valence-corrected chi connectivity index (χ3v) is 2.61. The molecule has 0 saturated heterocycles. The van der Waals surface area contributed by atoms with Crippen LogP contribution in [-0.2, 0) is 4.79 Å². The first-order chi connectivity index (χ1) is 7.22. The lowest BCUT2D eigenvalue weighted by Crippen LogP contribution is -2.29. The molecule has 1 N–H and O–H groups in total. The summed E-state index contributed by atoms with van der Waals surface area (Å²) in [6.45, 7) is 0. The number of nitrogens with zero attached hydrogens (tertiary/aromatic N) is 1. The topological polar surface area (TPSA) is 66.0 Å². The lowest BCUT2D eigenvalue weighted by atomic mass is 9.92. The van der Waals surface area contributed by atoms with Crippen molar-refractivity contribution in [2.75, 3.05) is 0 Å². The molecule has 4 nitrogen and oxygen atoms in total. The summed E-state index contributed by atoms with van der Waals surface area (Å²) in [5, 5.41) is 11.8. The number of nitrogens with one attached hydrogen (secondary N) is 1. The predicted molar refractivity (Wildman–Crippen MR) is 55.8 cm³/mol. The van der Waals surface area contributed by atoms with Crippen LogP contribution < -0.4 is 5.32 Å². The monoisotopic (exact) mass is 220 g/mol. The molecule has 0 unspecified atom stereocenters. The number of hydrogen-bond donors (Lipinski definition) is 2. The zero-order valence-corrected chi connectivity index (χ0v) is 8.62. The zero-order chi connectivity index (χ0) is 10.8. The molecule has 0 radical (unpaired) electrons. The van der Waals surface area contributed by atoms with Crippen LogP contribution >= 0.6 is 12.6 Å². The Morgan fingerprint density at radius 3 is 3.07 bits per heavy atom. The largest absolute Gasteiger partial charge is 0.469 e. The van der Waals surface area contributed by atoms with Crippen LogP contribution in [0.2, 0.25) is 0 Å². The van der Waals surface area contributed by atoms with Crippen LogP contribution in [0.4, 0.5) is 0 Å². The minimum Gasteiger partial charge on any atom is -0.469 e. The van der Waals surface area contributed by atoms with Crippen LogP contribution in [0.25, 0.3) is 0 Å². The second-order valence-electron chi connectivity index (χ2n) is 3.19. The van der Waals surface area contributed by atoms with Crippen LogP contribution in [0.5, 0.6) is 0 Å². The molecule has 76 valence electrons. The molecule has 1 atom stereocenters. The fraction of sp³-hybridized carbons (Fsp3) is 0.200. The molecule has 0 saturated carbocycles. The van der Waals surface area contributed by atoms with Gasteiger partial charge in [0, 0.05) is 6.42 Å². The highest BCUT2D eigenvalue weighted by Gasteiger charge is 2.29. The van der Waals surface area contributed by atoms with E-state index in [1.54, 1.807) is 12.1 Å². The molecule has 1 aromatic rings. The van der Waals surface area contributed by atoms with Gasteiger partial charge in [-0.1, -0.05) is 0 Å². The highest BCUT2D eigenvalue weighted by atomic mass is 32.1. The van der Waals surface area contributed by atoms with Gasteiger partial charge in [-0.05, 0) is 12.1 Å². The maximum atomic E-state index is 11.3. The lowest BCUT2D eigenvalue weighted by Gasteiger charge is -2.20. The molecule has 0 bridgehead atoms. The molecule has 0 fully saturated rings. The van der Waals surface area contributed by atoms with Gasteiger partial charge < -0.3 is 9.73 Å². The zero-order valence-electron chi connectivity index (χ0n) is 7.73. The van der Waals surface area contributed by atoms with Gasteiger partial charge >= 0.3 is 0 Å². The van der Waals surface area contributed by atoms with Crippen molar-refractivity contribution in [3.05, 3.63) is 34.8 Å². The molecule has 1 aliphatic heterocycles. The minimum atomic E-state index is -0.314. The third-order valence-electron chi connectivity index (χ3n) is 2.26. The van der Waals surface area contributed by atoms with E-state index in [9.17, 15) is 4.79 Å². The van der Waals surface area contributed by atoms with Gasteiger partial charge in [0.25, 0.3) is 0 Å². The summed E-state index contributed by atoms with van der Waals surface area (Å²) in [7, 11) is 0. The normalized spacial score (nSPS) is 21.1. The summed E-state index contributed by atoms with van der Waals surface area (Å²) in [4.78, 5) is 11.3. The van der Waals surface area contributed by atoms with Gasteiger partial charge in [0.05, 0.1) is 28.9 Å². The summed E-state index contributed by atoms with van der Waals surface area (Å²) in [5.41, 5.74) is 0.438. The van der Waals surface area contributed by atoms with E-state index in [2.05, 4.69) is 17.9 Å². The number of allylic oxidation sites excluding steroid dienone is 1. The van der Waals surface area contributed by atoms with Gasteiger partial charge in [-0.2, -0.15) is 5.26 Å². The van der Waals surface area contributed by atoms with Crippen LogP contribution in [0.15, 0.2) is 33.4 Å². The second-order valence-corrected chi connectivity index (χ2v) is 3.64. The van der Waals surface area contributed by atoms with Crippen LogP contribution in [0.1, 0.15) is 18.1 Å². The van der Waals surface area contributed by atoms with Crippen molar-refractivity contribution < 1.29 is 9.21 Å². The Balaban J connectivity index is 2.43. The van der Waals surface area contributed by atoms with E-state index in [1.165, 1.54) is 6.26 Å².